The second-order valence-corrected chi connectivity index (χ2v) is 6.67. The highest BCUT2D eigenvalue weighted by molar-refractivity contribution is 5.46. The first-order valence-corrected chi connectivity index (χ1v) is 8.93. The third-order valence-electron chi connectivity index (χ3n) is 4.68. The summed E-state index contributed by atoms with van der Waals surface area (Å²) in [5.74, 6) is 1.94. The summed E-state index contributed by atoms with van der Waals surface area (Å²) in [4.78, 5) is 0. The van der Waals surface area contributed by atoms with Gasteiger partial charge in [0.25, 0.3) is 0 Å². The number of allylic oxidation sites excluding steroid dienone is 1. The fraction of sp³-hybridized carbons (Fsp3) is 0.600. The smallest absolute Gasteiger partial charge is 0.157 e. The topological polar surface area (TPSA) is 27.7 Å². The number of rotatable bonds is 7. The minimum Gasteiger partial charge on any atom is -0.462 e. The Kier molecular flexibility index (Phi) is 5.74. The van der Waals surface area contributed by atoms with Crippen molar-refractivity contribution in [2.45, 2.75) is 64.6 Å². The van der Waals surface area contributed by atoms with E-state index in [0.717, 1.165) is 50.4 Å². The third kappa shape index (κ3) is 4.58. The van der Waals surface area contributed by atoms with E-state index in [0.29, 0.717) is 0 Å². The van der Waals surface area contributed by atoms with Crippen LogP contribution in [0.5, 0.6) is 5.75 Å². The second-order valence-electron chi connectivity index (χ2n) is 6.67. The molecule has 2 aliphatic heterocycles. The lowest BCUT2D eigenvalue weighted by molar-refractivity contribution is -0.0480. The van der Waals surface area contributed by atoms with E-state index in [4.69, 9.17) is 14.2 Å². The Balaban J connectivity index is 1.40. The molecule has 0 spiro atoms. The van der Waals surface area contributed by atoms with E-state index < -0.39 is 0 Å². The molecule has 3 nitrogen and oxygen atoms in total. The molecule has 0 atom stereocenters. The SMILES string of the molecule is C=C1CCc2cc(CCCCCCC3OCCO3)cc(C)c2O1. The van der Waals surface area contributed by atoms with Gasteiger partial charge in [-0.15, -0.1) is 0 Å². The van der Waals surface area contributed by atoms with Gasteiger partial charge in [-0.2, -0.15) is 0 Å². The molecule has 0 bridgehead atoms. The van der Waals surface area contributed by atoms with Crippen LogP contribution in [0.1, 0.15) is 55.2 Å². The molecule has 126 valence electrons. The Morgan fingerprint density at radius 2 is 1.83 bits per heavy atom. The molecule has 23 heavy (non-hydrogen) atoms. The van der Waals surface area contributed by atoms with E-state index in [-0.39, 0.29) is 6.29 Å². The van der Waals surface area contributed by atoms with Crippen LogP contribution < -0.4 is 4.74 Å². The summed E-state index contributed by atoms with van der Waals surface area (Å²) in [5.41, 5.74) is 4.04. The predicted octanol–water partition coefficient (Wildman–Crippen LogP) is 4.70. The third-order valence-corrected chi connectivity index (χ3v) is 4.68. The molecule has 3 rings (SSSR count). The highest BCUT2D eigenvalue weighted by Gasteiger charge is 2.17. The first-order chi connectivity index (χ1) is 11.2. The minimum atomic E-state index is 0.0630. The average Bonchev–Trinajstić information content (AvgIpc) is 3.05. The summed E-state index contributed by atoms with van der Waals surface area (Å²) in [6.45, 7) is 7.61. The van der Waals surface area contributed by atoms with Gasteiger partial charge in [-0.1, -0.05) is 31.6 Å². The van der Waals surface area contributed by atoms with Crippen molar-refractivity contribution in [1.29, 1.82) is 0 Å². The molecule has 1 fully saturated rings. The molecule has 2 aliphatic rings. The van der Waals surface area contributed by atoms with Crippen LogP contribution >= 0.6 is 0 Å². The van der Waals surface area contributed by atoms with Crippen molar-refractivity contribution < 1.29 is 14.2 Å². The normalized spacial score (nSPS) is 18.0. The van der Waals surface area contributed by atoms with E-state index in [1.165, 1.54) is 42.4 Å². The maximum absolute atomic E-state index is 5.81. The Morgan fingerprint density at radius 3 is 2.65 bits per heavy atom. The van der Waals surface area contributed by atoms with Crippen molar-refractivity contribution in [1.82, 2.24) is 0 Å². The Bertz CT molecular complexity index is 544. The van der Waals surface area contributed by atoms with Crippen LogP contribution in [-0.4, -0.2) is 19.5 Å². The molecule has 0 N–H and O–H groups in total. The van der Waals surface area contributed by atoms with E-state index in [9.17, 15) is 0 Å². The lowest BCUT2D eigenvalue weighted by Crippen LogP contribution is -2.08. The van der Waals surface area contributed by atoms with Crippen molar-refractivity contribution in [2.75, 3.05) is 13.2 Å². The van der Waals surface area contributed by atoms with Crippen LogP contribution in [0, 0.1) is 6.92 Å². The number of hydrogen-bond donors (Lipinski definition) is 0. The molecule has 2 heterocycles. The molecule has 3 heteroatoms. The molecular formula is C20H28O3. The van der Waals surface area contributed by atoms with Crippen LogP contribution in [0.15, 0.2) is 24.5 Å². The summed E-state index contributed by atoms with van der Waals surface area (Å²) in [6.07, 6.45) is 9.25. The number of ether oxygens (including phenoxy) is 3. The molecule has 1 saturated heterocycles. The number of unbranched alkanes of at least 4 members (excludes halogenated alkanes) is 3. The fourth-order valence-corrected chi connectivity index (χ4v) is 3.44. The second kappa shape index (κ2) is 7.98. The molecule has 1 aromatic rings. The molecule has 0 aromatic heterocycles. The summed E-state index contributed by atoms with van der Waals surface area (Å²) in [5, 5.41) is 0. The standard InChI is InChI=1S/C20H28O3/c1-15-13-17(14-18-10-9-16(2)23-20(15)18)7-5-3-4-6-8-19-21-11-12-22-19/h13-14,19H,2-12H2,1H3. The van der Waals surface area contributed by atoms with Gasteiger partial charge < -0.3 is 14.2 Å². The maximum Gasteiger partial charge on any atom is 0.157 e. The summed E-state index contributed by atoms with van der Waals surface area (Å²) in [6, 6.07) is 4.60. The van der Waals surface area contributed by atoms with Gasteiger partial charge in [-0.05, 0) is 55.7 Å². The summed E-state index contributed by atoms with van der Waals surface area (Å²) in [7, 11) is 0. The first-order valence-electron chi connectivity index (χ1n) is 8.93. The van der Waals surface area contributed by atoms with E-state index >= 15 is 0 Å². The van der Waals surface area contributed by atoms with Crippen molar-refractivity contribution in [3.05, 3.63) is 41.2 Å². The van der Waals surface area contributed by atoms with Crippen molar-refractivity contribution >= 4 is 0 Å². The lowest BCUT2D eigenvalue weighted by atomic mass is 9.96. The van der Waals surface area contributed by atoms with Crippen LogP contribution in [0.4, 0.5) is 0 Å². The molecule has 0 unspecified atom stereocenters. The molecular weight excluding hydrogens is 288 g/mol. The number of hydrogen-bond acceptors (Lipinski definition) is 3. The number of benzene rings is 1. The number of aryl methyl sites for hydroxylation is 3. The van der Waals surface area contributed by atoms with Gasteiger partial charge in [0.15, 0.2) is 6.29 Å². The molecule has 0 radical (unpaired) electrons. The highest BCUT2D eigenvalue weighted by atomic mass is 16.7. The zero-order valence-electron chi connectivity index (χ0n) is 14.2. The van der Waals surface area contributed by atoms with Crippen LogP contribution in [0.3, 0.4) is 0 Å². The van der Waals surface area contributed by atoms with Crippen LogP contribution in [0.25, 0.3) is 0 Å². The first kappa shape index (κ1) is 16.5. The molecule has 0 amide bonds. The predicted molar refractivity (Wildman–Crippen MR) is 91.7 cm³/mol. The number of fused-ring (bicyclic) bond motifs is 1. The Labute approximate surface area is 139 Å². The van der Waals surface area contributed by atoms with Gasteiger partial charge >= 0.3 is 0 Å². The van der Waals surface area contributed by atoms with Crippen molar-refractivity contribution in [3.63, 3.8) is 0 Å². The van der Waals surface area contributed by atoms with E-state index in [2.05, 4.69) is 25.6 Å². The summed E-state index contributed by atoms with van der Waals surface area (Å²) >= 11 is 0. The fourth-order valence-electron chi connectivity index (χ4n) is 3.44. The average molecular weight is 316 g/mol. The molecule has 0 saturated carbocycles. The Hall–Kier alpha value is -1.32. The van der Waals surface area contributed by atoms with Crippen molar-refractivity contribution in [3.8, 4) is 5.75 Å². The minimum absolute atomic E-state index is 0.0630. The van der Waals surface area contributed by atoms with Crippen molar-refractivity contribution in [2.24, 2.45) is 0 Å². The highest BCUT2D eigenvalue weighted by Crippen LogP contribution is 2.33. The van der Waals surface area contributed by atoms with Crippen LogP contribution in [-0.2, 0) is 22.3 Å². The van der Waals surface area contributed by atoms with Gasteiger partial charge in [-0.3, -0.25) is 0 Å². The van der Waals surface area contributed by atoms with Gasteiger partial charge in [-0.25, -0.2) is 0 Å². The molecule has 1 aromatic carbocycles. The van der Waals surface area contributed by atoms with Gasteiger partial charge in [0.1, 0.15) is 5.75 Å². The van der Waals surface area contributed by atoms with Gasteiger partial charge in [0, 0.05) is 6.42 Å². The Morgan fingerprint density at radius 1 is 1.04 bits per heavy atom. The molecule has 0 aliphatic carbocycles. The zero-order valence-corrected chi connectivity index (χ0v) is 14.2. The quantitative estimate of drug-likeness (QED) is 0.682. The largest absolute Gasteiger partial charge is 0.462 e. The zero-order chi connectivity index (χ0) is 16.1. The van der Waals surface area contributed by atoms with E-state index in [1.807, 2.05) is 0 Å². The van der Waals surface area contributed by atoms with Crippen LogP contribution in [0.2, 0.25) is 0 Å². The summed E-state index contributed by atoms with van der Waals surface area (Å²) < 4.78 is 16.7. The lowest BCUT2D eigenvalue weighted by Gasteiger charge is -2.21. The monoisotopic (exact) mass is 316 g/mol. The maximum atomic E-state index is 5.81. The van der Waals surface area contributed by atoms with E-state index in [1.54, 1.807) is 0 Å². The van der Waals surface area contributed by atoms with Gasteiger partial charge in [0.05, 0.1) is 19.0 Å². The van der Waals surface area contributed by atoms with Gasteiger partial charge in [0.2, 0.25) is 0 Å².